The van der Waals surface area contributed by atoms with Crippen LogP contribution in [-0.2, 0) is 7.05 Å². The van der Waals surface area contributed by atoms with Crippen LogP contribution in [0.15, 0.2) is 22.8 Å². The molecule has 2 rings (SSSR count). The molecular weight excluding hydrogens is 308 g/mol. The summed E-state index contributed by atoms with van der Waals surface area (Å²) in [6, 6.07) is 2.74. The van der Waals surface area contributed by atoms with Crippen molar-refractivity contribution in [3.05, 3.63) is 45.7 Å². The summed E-state index contributed by atoms with van der Waals surface area (Å²) < 4.78 is 29.2. The third-order valence-electron chi connectivity index (χ3n) is 2.56. The lowest BCUT2D eigenvalue weighted by Crippen LogP contribution is -2.32. The highest BCUT2D eigenvalue weighted by molar-refractivity contribution is 9.10. The normalized spacial score (nSPS) is 12.7. The van der Waals surface area contributed by atoms with Gasteiger partial charge in [-0.2, -0.15) is 0 Å². The summed E-state index contributed by atoms with van der Waals surface area (Å²) in [5.41, 5.74) is 2.63. The van der Waals surface area contributed by atoms with Crippen molar-refractivity contribution < 1.29 is 8.78 Å². The molecule has 1 heterocycles. The van der Waals surface area contributed by atoms with Gasteiger partial charge in [0.2, 0.25) is 0 Å². The Hall–Kier alpha value is -1.38. The maximum atomic E-state index is 13.7. The Morgan fingerprint density at radius 2 is 2.00 bits per heavy atom. The zero-order chi connectivity index (χ0) is 13.3. The van der Waals surface area contributed by atoms with Crippen LogP contribution in [-0.4, -0.2) is 15.0 Å². The molecule has 0 radical (unpaired) electrons. The minimum Gasteiger partial charge on any atom is -0.271 e. The zero-order valence-electron chi connectivity index (χ0n) is 9.36. The van der Waals surface area contributed by atoms with Crippen LogP contribution >= 0.6 is 15.9 Å². The molecule has 0 aliphatic carbocycles. The summed E-state index contributed by atoms with van der Waals surface area (Å²) in [5, 5.41) is 7.51. The fourth-order valence-corrected chi connectivity index (χ4v) is 2.29. The van der Waals surface area contributed by atoms with Gasteiger partial charge in [-0.15, -0.1) is 5.10 Å². The Labute approximate surface area is 110 Å². The maximum Gasteiger partial charge on any atom is 0.153 e. The Bertz CT molecular complexity index is 532. The van der Waals surface area contributed by atoms with E-state index in [-0.39, 0.29) is 5.56 Å². The summed E-state index contributed by atoms with van der Waals surface area (Å²) >= 11 is 3.17. The molecule has 3 N–H and O–H groups in total. The van der Waals surface area contributed by atoms with Gasteiger partial charge in [-0.1, -0.05) is 11.3 Å². The van der Waals surface area contributed by atoms with Gasteiger partial charge < -0.3 is 0 Å². The highest BCUT2D eigenvalue weighted by Gasteiger charge is 2.26. The minimum absolute atomic E-state index is 0.175. The van der Waals surface area contributed by atoms with Crippen LogP contribution in [0.25, 0.3) is 0 Å². The molecule has 1 aromatic heterocycles. The number of hydrazine groups is 1. The number of nitrogens with one attached hydrogen (secondary N) is 1. The van der Waals surface area contributed by atoms with Crippen molar-refractivity contribution in [2.75, 3.05) is 0 Å². The molecule has 1 aromatic carbocycles. The Morgan fingerprint density at radius 3 is 2.44 bits per heavy atom. The van der Waals surface area contributed by atoms with E-state index in [0.717, 1.165) is 0 Å². The standard InChI is InChI=1S/C10H10BrF2N5/c1-18-9(10(11)16-17-18)8(15-14)7-5(12)3-2-4-6(7)13/h2-4,8,15H,14H2,1H3. The molecule has 1 atom stereocenters. The van der Waals surface area contributed by atoms with E-state index >= 15 is 0 Å². The van der Waals surface area contributed by atoms with E-state index in [1.54, 1.807) is 7.05 Å². The number of aromatic nitrogens is 3. The second-order valence-corrected chi connectivity index (χ2v) is 4.38. The van der Waals surface area contributed by atoms with Crippen LogP contribution < -0.4 is 11.3 Å². The molecular formula is C10H10BrF2N5. The molecule has 0 aliphatic rings. The number of rotatable bonds is 3. The molecule has 0 bridgehead atoms. The van der Waals surface area contributed by atoms with E-state index in [2.05, 4.69) is 31.7 Å². The smallest absolute Gasteiger partial charge is 0.153 e. The maximum absolute atomic E-state index is 13.7. The number of benzene rings is 1. The monoisotopic (exact) mass is 317 g/mol. The van der Waals surface area contributed by atoms with Crippen LogP contribution in [0.4, 0.5) is 8.78 Å². The number of nitrogens with two attached hydrogens (primary N) is 1. The second kappa shape index (κ2) is 5.09. The molecule has 2 aromatic rings. The molecule has 0 spiro atoms. The van der Waals surface area contributed by atoms with Gasteiger partial charge >= 0.3 is 0 Å². The number of hydrogen-bond acceptors (Lipinski definition) is 4. The summed E-state index contributed by atoms with van der Waals surface area (Å²) in [6.45, 7) is 0. The number of aryl methyl sites for hydroxylation is 1. The Kier molecular flexibility index (Phi) is 3.69. The lowest BCUT2D eigenvalue weighted by molar-refractivity contribution is 0.491. The fourth-order valence-electron chi connectivity index (χ4n) is 1.73. The van der Waals surface area contributed by atoms with E-state index < -0.39 is 17.7 Å². The van der Waals surface area contributed by atoms with Crippen molar-refractivity contribution in [2.45, 2.75) is 6.04 Å². The van der Waals surface area contributed by atoms with E-state index in [1.165, 1.54) is 22.9 Å². The molecule has 0 fully saturated rings. The van der Waals surface area contributed by atoms with Crippen LogP contribution in [0.5, 0.6) is 0 Å². The fraction of sp³-hybridized carbons (Fsp3) is 0.200. The van der Waals surface area contributed by atoms with Gasteiger partial charge in [-0.05, 0) is 28.1 Å². The van der Waals surface area contributed by atoms with E-state index in [1.807, 2.05) is 0 Å². The zero-order valence-corrected chi connectivity index (χ0v) is 10.9. The average Bonchev–Trinajstić information content (AvgIpc) is 2.65. The summed E-state index contributed by atoms with van der Waals surface area (Å²) in [5.74, 6) is 4.02. The van der Waals surface area contributed by atoms with E-state index in [9.17, 15) is 8.78 Å². The SMILES string of the molecule is Cn1nnc(Br)c1C(NN)c1c(F)cccc1F. The van der Waals surface area contributed by atoms with Crippen LogP contribution in [0.2, 0.25) is 0 Å². The molecule has 1 unspecified atom stereocenters. The minimum atomic E-state index is -0.888. The Morgan fingerprint density at radius 1 is 1.39 bits per heavy atom. The summed E-state index contributed by atoms with van der Waals surface area (Å²) in [7, 11) is 1.61. The van der Waals surface area contributed by atoms with Crippen molar-refractivity contribution in [3.63, 3.8) is 0 Å². The molecule has 0 saturated carbocycles. The second-order valence-electron chi connectivity index (χ2n) is 3.62. The predicted molar refractivity (Wildman–Crippen MR) is 64.2 cm³/mol. The lowest BCUT2D eigenvalue weighted by atomic mass is 10.0. The van der Waals surface area contributed by atoms with Crippen LogP contribution in [0, 0.1) is 11.6 Å². The number of nitrogens with zero attached hydrogens (tertiary/aromatic N) is 3. The van der Waals surface area contributed by atoms with E-state index in [0.29, 0.717) is 10.3 Å². The van der Waals surface area contributed by atoms with Crippen molar-refractivity contribution in [1.29, 1.82) is 0 Å². The highest BCUT2D eigenvalue weighted by Crippen LogP contribution is 2.29. The van der Waals surface area contributed by atoms with Gasteiger partial charge in [0.05, 0.1) is 11.7 Å². The first-order valence-electron chi connectivity index (χ1n) is 5.01. The van der Waals surface area contributed by atoms with Crippen molar-refractivity contribution in [2.24, 2.45) is 12.9 Å². The third-order valence-corrected chi connectivity index (χ3v) is 3.12. The first-order chi connectivity index (χ1) is 8.56. The van der Waals surface area contributed by atoms with E-state index in [4.69, 9.17) is 5.84 Å². The molecule has 96 valence electrons. The third kappa shape index (κ3) is 2.14. The first-order valence-corrected chi connectivity index (χ1v) is 5.80. The van der Waals surface area contributed by atoms with Crippen LogP contribution in [0.3, 0.4) is 0 Å². The molecule has 18 heavy (non-hydrogen) atoms. The summed E-state index contributed by atoms with van der Waals surface area (Å²) in [6.07, 6.45) is 0. The molecule has 0 saturated heterocycles. The molecule has 5 nitrogen and oxygen atoms in total. The van der Waals surface area contributed by atoms with Crippen LogP contribution in [0.1, 0.15) is 17.3 Å². The number of halogens is 3. The van der Waals surface area contributed by atoms with Gasteiger partial charge in [-0.25, -0.2) is 18.9 Å². The topological polar surface area (TPSA) is 68.8 Å². The largest absolute Gasteiger partial charge is 0.271 e. The van der Waals surface area contributed by atoms with Crippen molar-refractivity contribution in [1.82, 2.24) is 20.4 Å². The average molecular weight is 318 g/mol. The van der Waals surface area contributed by atoms with Gasteiger partial charge in [-0.3, -0.25) is 5.84 Å². The molecule has 0 aliphatic heterocycles. The van der Waals surface area contributed by atoms with Gasteiger partial charge in [0.1, 0.15) is 11.6 Å². The predicted octanol–water partition coefficient (Wildman–Crippen LogP) is 1.41. The lowest BCUT2D eigenvalue weighted by Gasteiger charge is -2.17. The Balaban J connectivity index is 2.59. The summed E-state index contributed by atoms with van der Waals surface area (Å²) in [4.78, 5) is 0. The molecule has 0 amide bonds. The van der Waals surface area contributed by atoms with Crippen molar-refractivity contribution >= 4 is 15.9 Å². The highest BCUT2D eigenvalue weighted by atomic mass is 79.9. The van der Waals surface area contributed by atoms with Gasteiger partial charge in [0.15, 0.2) is 4.60 Å². The molecule has 8 heteroatoms. The first kappa shape index (κ1) is 13.1. The van der Waals surface area contributed by atoms with Gasteiger partial charge in [0.25, 0.3) is 0 Å². The van der Waals surface area contributed by atoms with Crippen molar-refractivity contribution in [3.8, 4) is 0 Å². The quantitative estimate of drug-likeness (QED) is 0.663. The number of hydrogen-bond donors (Lipinski definition) is 2. The van der Waals surface area contributed by atoms with Gasteiger partial charge in [0, 0.05) is 12.6 Å².